The van der Waals surface area contributed by atoms with Crippen molar-refractivity contribution in [2.24, 2.45) is 11.8 Å². The number of aliphatic carboxylic acids is 1. The zero-order chi connectivity index (χ0) is 14.5. The zero-order valence-electron chi connectivity index (χ0n) is 11.2. The largest absolute Gasteiger partial charge is 0.508 e. The predicted molar refractivity (Wildman–Crippen MR) is 73.3 cm³/mol. The summed E-state index contributed by atoms with van der Waals surface area (Å²) in [5.41, 5.74) is 1.04. The molecule has 0 spiro atoms. The van der Waals surface area contributed by atoms with E-state index >= 15 is 0 Å². The molecule has 5 nitrogen and oxygen atoms in total. The van der Waals surface area contributed by atoms with Gasteiger partial charge >= 0.3 is 5.97 Å². The molecule has 3 N–H and O–H groups in total. The lowest BCUT2D eigenvalue weighted by molar-refractivity contribution is -0.141. The molecule has 1 aliphatic rings. The third-order valence-electron chi connectivity index (χ3n) is 3.80. The second kappa shape index (κ2) is 6.41. The van der Waals surface area contributed by atoms with Crippen molar-refractivity contribution in [3.63, 3.8) is 0 Å². The average molecular weight is 277 g/mol. The van der Waals surface area contributed by atoms with Gasteiger partial charge in [-0.15, -0.1) is 0 Å². The van der Waals surface area contributed by atoms with Gasteiger partial charge in [0.15, 0.2) is 0 Å². The van der Waals surface area contributed by atoms with Crippen LogP contribution in [0.25, 0.3) is 0 Å². The Morgan fingerprint density at radius 3 is 2.40 bits per heavy atom. The lowest BCUT2D eigenvalue weighted by Gasteiger charge is -2.10. The Morgan fingerprint density at radius 1 is 1.15 bits per heavy atom. The molecule has 0 aromatic heterocycles. The van der Waals surface area contributed by atoms with Crippen molar-refractivity contribution < 1.29 is 19.8 Å². The highest BCUT2D eigenvalue weighted by atomic mass is 16.4. The van der Waals surface area contributed by atoms with E-state index in [-0.39, 0.29) is 23.5 Å². The van der Waals surface area contributed by atoms with Crippen molar-refractivity contribution in [3.8, 4) is 5.75 Å². The van der Waals surface area contributed by atoms with Crippen molar-refractivity contribution in [1.82, 2.24) is 5.32 Å². The highest BCUT2D eigenvalue weighted by Gasteiger charge is 2.33. The summed E-state index contributed by atoms with van der Waals surface area (Å²) in [4.78, 5) is 22.8. The Kier molecular flexibility index (Phi) is 4.61. The molecule has 1 aromatic rings. The van der Waals surface area contributed by atoms with Gasteiger partial charge in [-0.05, 0) is 43.4 Å². The standard InChI is InChI=1S/C15H19NO4/c17-13-5-1-10(2-6-13)7-8-16-14(18)11-3-4-12(9-11)15(19)20/h1-2,5-6,11-12,17H,3-4,7-9H2,(H,16,18)(H,19,20)/t11-,12+/m1/s1. The Hall–Kier alpha value is -2.04. The van der Waals surface area contributed by atoms with Gasteiger partial charge in [-0.3, -0.25) is 9.59 Å². The fourth-order valence-corrected chi connectivity index (χ4v) is 2.58. The van der Waals surface area contributed by atoms with E-state index in [0.29, 0.717) is 32.2 Å². The van der Waals surface area contributed by atoms with Crippen molar-refractivity contribution in [1.29, 1.82) is 0 Å². The number of phenols is 1. The molecular formula is C15H19NO4. The van der Waals surface area contributed by atoms with E-state index in [9.17, 15) is 9.59 Å². The number of hydrogen-bond acceptors (Lipinski definition) is 3. The van der Waals surface area contributed by atoms with Crippen LogP contribution < -0.4 is 5.32 Å². The molecule has 1 saturated carbocycles. The molecule has 1 aliphatic carbocycles. The third kappa shape index (κ3) is 3.73. The topological polar surface area (TPSA) is 86.6 Å². The van der Waals surface area contributed by atoms with Gasteiger partial charge in [0, 0.05) is 12.5 Å². The molecule has 0 radical (unpaired) electrons. The normalized spacial score (nSPS) is 21.6. The van der Waals surface area contributed by atoms with Crippen molar-refractivity contribution in [2.45, 2.75) is 25.7 Å². The number of benzene rings is 1. The first-order valence-corrected chi connectivity index (χ1v) is 6.84. The van der Waals surface area contributed by atoms with Crippen LogP contribution in [0, 0.1) is 11.8 Å². The second-order valence-corrected chi connectivity index (χ2v) is 5.25. The van der Waals surface area contributed by atoms with Gasteiger partial charge in [0.1, 0.15) is 5.75 Å². The van der Waals surface area contributed by atoms with Crippen LogP contribution in [0.15, 0.2) is 24.3 Å². The Balaban J connectivity index is 1.73. The number of carboxylic acid groups (broad SMARTS) is 1. The van der Waals surface area contributed by atoms with Gasteiger partial charge in [-0.25, -0.2) is 0 Å². The van der Waals surface area contributed by atoms with Gasteiger partial charge in [-0.1, -0.05) is 12.1 Å². The van der Waals surface area contributed by atoms with Gasteiger partial charge < -0.3 is 15.5 Å². The van der Waals surface area contributed by atoms with Crippen LogP contribution in [0.2, 0.25) is 0 Å². The number of phenolic OH excluding ortho intramolecular Hbond substituents is 1. The van der Waals surface area contributed by atoms with Crippen LogP contribution in [0.4, 0.5) is 0 Å². The van der Waals surface area contributed by atoms with Gasteiger partial charge in [0.05, 0.1) is 5.92 Å². The zero-order valence-corrected chi connectivity index (χ0v) is 11.2. The van der Waals surface area contributed by atoms with Gasteiger partial charge in [0.25, 0.3) is 0 Å². The maximum atomic E-state index is 11.9. The van der Waals surface area contributed by atoms with E-state index in [1.807, 2.05) is 12.1 Å². The number of nitrogens with one attached hydrogen (secondary N) is 1. The summed E-state index contributed by atoms with van der Waals surface area (Å²) in [6.45, 7) is 0.526. The smallest absolute Gasteiger partial charge is 0.306 e. The van der Waals surface area contributed by atoms with Crippen LogP contribution in [-0.4, -0.2) is 28.6 Å². The average Bonchev–Trinajstić information content (AvgIpc) is 2.91. The molecule has 0 unspecified atom stereocenters. The fourth-order valence-electron chi connectivity index (χ4n) is 2.58. The highest BCUT2D eigenvalue weighted by molar-refractivity contribution is 5.80. The molecule has 1 aromatic carbocycles. The minimum absolute atomic E-state index is 0.0486. The molecule has 0 heterocycles. The van der Waals surface area contributed by atoms with Crippen LogP contribution in [-0.2, 0) is 16.0 Å². The SMILES string of the molecule is O=C(O)[C@H]1CC[C@@H](C(=O)NCCc2ccc(O)cc2)C1. The number of carbonyl (C=O) groups is 2. The summed E-state index contributed by atoms with van der Waals surface area (Å²) in [5, 5.41) is 20.9. The van der Waals surface area contributed by atoms with Crippen molar-refractivity contribution in [2.75, 3.05) is 6.54 Å². The monoisotopic (exact) mass is 277 g/mol. The van der Waals surface area contributed by atoms with Gasteiger partial charge in [0.2, 0.25) is 5.91 Å². The molecule has 1 fully saturated rings. The molecule has 0 saturated heterocycles. The summed E-state index contributed by atoms with van der Waals surface area (Å²) >= 11 is 0. The van der Waals surface area contributed by atoms with E-state index < -0.39 is 5.97 Å². The first kappa shape index (κ1) is 14.4. The molecule has 20 heavy (non-hydrogen) atoms. The number of carbonyl (C=O) groups excluding carboxylic acids is 1. The maximum absolute atomic E-state index is 11.9. The summed E-state index contributed by atoms with van der Waals surface area (Å²) in [6.07, 6.45) is 2.38. The van der Waals surface area contributed by atoms with E-state index in [2.05, 4.69) is 5.32 Å². The Labute approximate surface area is 117 Å². The minimum atomic E-state index is -0.801. The Bertz CT molecular complexity index is 483. The first-order chi connectivity index (χ1) is 9.56. The summed E-state index contributed by atoms with van der Waals surface area (Å²) in [6, 6.07) is 6.87. The molecule has 1 amide bonds. The van der Waals surface area contributed by atoms with Crippen molar-refractivity contribution >= 4 is 11.9 Å². The number of hydrogen-bond donors (Lipinski definition) is 3. The van der Waals surface area contributed by atoms with E-state index in [4.69, 9.17) is 10.2 Å². The number of carboxylic acids is 1. The van der Waals surface area contributed by atoms with Crippen LogP contribution in [0.1, 0.15) is 24.8 Å². The number of amides is 1. The van der Waals surface area contributed by atoms with Gasteiger partial charge in [-0.2, -0.15) is 0 Å². The predicted octanol–water partition coefficient (Wildman–Crippen LogP) is 1.55. The lowest BCUT2D eigenvalue weighted by Crippen LogP contribution is -2.31. The lowest BCUT2D eigenvalue weighted by atomic mass is 10.0. The molecule has 2 atom stereocenters. The summed E-state index contributed by atoms with van der Waals surface area (Å²) < 4.78 is 0. The number of aromatic hydroxyl groups is 1. The summed E-state index contributed by atoms with van der Waals surface area (Å²) in [5.74, 6) is -1.17. The second-order valence-electron chi connectivity index (χ2n) is 5.25. The number of rotatable bonds is 5. The van der Waals surface area contributed by atoms with E-state index in [1.54, 1.807) is 12.1 Å². The van der Waals surface area contributed by atoms with E-state index in [0.717, 1.165) is 5.56 Å². The molecule has 2 rings (SSSR count). The molecule has 0 bridgehead atoms. The Morgan fingerprint density at radius 2 is 1.80 bits per heavy atom. The molecular weight excluding hydrogens is 258 g/mol. The highest BCUT2D eigenvalue weighted by Crippen LogP contribution is 2.31. The quantitative estimate of drug-likeness (QED) is 0.762. The first-order valence-electron chi connectivity index (χ1n) is 6.84. The van der Waals surface area contributed by atoms with Crippen LogP contribution in [0.5, 0.6) is 5.75 Å². The minimum Gasteiger partial charge on any atom is -0.508 e. The fraction of sp³-hybridized carbons (Fsp3) is 0.467. The molecule has 0 aliphatic heterocycles. The molecule has 108 valence electrons. The van der Waals surface area contributed by atoms with Crippen LogP contribution >= 0.6 is 0 Å². The summed E-state index contributed by atoms with van der Waals surface area (Å²) in [7, 11) is 0. The molecule has 5 heteroatoms. The van der Waals surface area contributed by atoms with Crippen molar-refractivity contribution in [3.05, 3.63) is 29.8 Å². The maximum Gasteiger partial charge on any atom is 0.306 e. The van der Waals surface area contributed by atoms with E-state index in [1.165, 1.54) is 0 Å². The third-order valence-corrected chi connectivity index (χ3v) is 3.80. The van der Waals surface area contributed by atoms with Crippen LogP contribution in [0.3, 0.4) is 0 Å².